The molecule has 0 amide bonds. The SMILES string of the molecule is CC12C=CC(CC(C(=O)[O-])C(=O)[O-])(OO1)c1ccccc12.[Na+].[Na+]. The van der Waals surface area contributed by atoms with Crippen LogP contribution < -0.4 is 69.3 Å². The van der Waals surface area contributed by atoms with Gasteiger partial charge >= 0.3 is 59.1 Å². The molecule has 2 heterocycles. The minimum absolute atomic E-state index is 0. The van der Waals surface area contributed by atoms with Crippen molar-refractivity contribution in [3.05, 3.63) is 47.5 Å². The van der Waals surface area contributed by atoms with E-state index < -0.39 is 29.1 Å². The molecule has 1 aromatic carbocycles. The first-order chi connectivity index (χ1) is 9.88. The van der Waals surface area contributed by atoms with Gasteiger partial charge in [-0.3, -0.25) is 0 Å². The molecule has 23 heavy (non-hydrogen) atoms. The van der Waals surface area contributed by atoms with E-state index in [4.69, 9.17) is 9.78 Å². The van der Waals surface area contributed by atoms with Crippen molar-refractivity contribution in [2.75, 3.05) is 0 Å². The maximum atomic E-state index is 11.0. The first-order valence-corrected chi connectivity index (χ1v) is 6.47. The van der Waals surface area contributed by atoms with Crippen molar-refractivity contribution >= 4 is 11.9 Å². The third-order valence-electron chi connectivity index (χ3n) is 4.03. The molecule has 3 aliphatic rings. The van der Waals surface area contributed by atoms with Crippen LogP contribution in [-0.4, -0.2) is 11.9 Å². The Morgan fingerprint density at radius 2 is 1.61 bits per heavy atom. The van der Waals surface area contributed by atoms with Gasteiger partial charge in [0.05, 0.1) is 11.9 Å². The maximum absolute atomic E-state index is 11.0. The molecular formula is C15H12Na2O6. The minimum atomic E-state index is -1.80. The summed E-state index contributed by atoms with van der Waals surface area (Å²) in [6, 6.07) is 7.20. The molecule has 4 rings (SSSR count). The second-order valence-electron chi connectivity index (χ2n) is 5.44. The quantitative estimate of drug-likeness (QED) is 0.235. The normalized spacial score (nSPS) is 26.9. The Hall–Kier alpha value is -0.180. The summed E-state index contributed by atoms with van der Waals surface area (Å²) in [4.78, 5) is 32.7. The van der Waals surface area contributed by atoms with Gasteiger partial charge in [0.15, 0.2) is 0 Å². The number of benzene rings is 1. The summed E-state index contributed by atoms with van der Waals surface area (Å²) in [6.45, 7) is 1.81. The monoisotopic (exact) mass is 334 g/mol. The molecule has 110 valence electrons. The fourth-order valence-corrected chi connectivity index (χ4v) is 2.84. The van der Waals surface area contributed by atoms with Gasteiger partial charge in [-0.15, -0.1) is 0 Å². The van der Waals surface area contributed by atoms with Gasteiger partial charge in [0.25, 0.3) is 0 Å². The summed E-state index contributed by atoms with van der Waals surface area (Å²) < 4.78 is 0. The topological polar surface area (TPSA) is 98.7 Å². The van der Waals surface area contributed by atoms with Crippen LogP contribution in [0, 0.1) is 5.92 Å². The van der Waals surface area contributed by atoms with Crippen molar-refractivity contribution in [2.45, 2.75) is 24.5 Å². The fraction of sp³-hybridized carbons (Fsp3) is 0.333. The summed E-state index contributed by atoms with van der Waals surface area (Å²) in [7, 11) is 0. The van der Waals surface area contributed by atoms with Crippen molar-refractivity contribution in [2.24, 2.45) is 5.92 Å². The molecule has 0 N–H and O–H groups in total. The zero-order valence-corrected chi connectivity index (χ0v) is 17.2. The van der Waals surface area contributed by atoms with E-state index in [9.17, 15) is 19.8 Å². The summed E-state index contributed by atoms with van der Waals surface area (Å²) in [5, 5.41) is 22.0. The Morgan fingerprint density at radius 1 is 1.04 bits per heavy atom. The van der Waals surface area contributed by atoms with Gasteiger partial charge in [-0.1, -0.05) is 24.3 Å². The molecule has 0 saturated heterocycles. The van der Waals surface area contributed by atoms with Crippen molar-refractivity contribution in [3.63, 3.8) is 0 Å². The molecule has 2 unspecified atom stereocenters. The number of carbonyl (C=O) groups is 2. The van der Waals surface area contributed by atoms with E-state index in [1.54, 1.807) is 31.2 Å². The Morgan fingerprint density at radius 3 is 2.09 bits per heavy atom. The Labute approximate surface area is 177 Å². The number of fused-ring (bicyclic) bond motifs is 1. The van der Waals surface area contributed by atoms with Crippen molar-refractivity contribution in [3.8, 4) is 0 Å². The Kier molecular flexibility index (Phi) is 6.69. The standard InChI is InChI=1S/C15H14O6.2Na/c1-14-6-7-15(21-20-14,8-9(12(16)17)13(18)19)11-5-3-2-4-10(11)14;;/h2-7,9H,8H2,1H3,(H,16,17)(H,18,19);;/q;2*+1/p-2. The number of carboxylic acid groups (broad SMARTS) is 2. The van der Waals surface area contributed by atoms with Crippen LogP contribution in [0.2, 0.25) is 0 Å². The predicted molar refractivity (Wildman–Crippen MR) is 64.9 cm³/mol. The van der Waals surface area contributed by atoms with Crippen molar-refractivity contribution < 1.29 is 88.7 Å². The molecule has 6 nitrogen and oxygen atoms in total. The third kappa shape index (κ3) is 3.45. The molecule has 2 aliphatic heterocycles. The summed E-state index contributed by atoms with van der Waals surface area (Å²) in [5.41, 5.74) is -0.529. The zero-order chi connectivity index (χ0) is 15.3. The number of rotatable bonds is 4. The van der Waals surface area contributed by atoms with Gasteiger partial charge in [0.1, 0.15) is 11.2 Å². The molecule has 0 fully saturated rings. The van der Waals surface area contributed by atoms with Crippen molar-refractivity contribution in [1.82, 2.24) is 0 Å². The van der Waals surface area contributed by atoms with Gasteiger partial charge in [0, 0.05) is 12.3 Å². The summed E-state index contributed by atoms with van der Waals surface area (Å²) in [6.07, 6.45) is 3.01. The van der Waals surface area contributed by atoms with E-state index in [0.29, 0.717) is 5.56 Å². The first kappa shape index (κ1) is 20.9. The molecule has 8 heteroatoms. The number of hydrogen-bond acceptors (Lipinski definition) is 6. The van der Waals surface area contributed by atoms with E-state index in [1.165, 1.54) is 0 Å². The number of carbonyl (C=O) groups excluding carboxylic acids is 2. The summed E-state index contributed by atoms with van der Waals surface area (Å²) in [5.74, 6) is -5.22. The predicted octanol–water partition coefficient (Wildman–Crippen LogP) is -6.86. The molecule has 2 bridgehead atoms. The molecular weight excluding hydrogens is 322 g/mol. The second kappa shape index (κ2) is 7.37. The first-order valence-electron chi connectivity index (χ1n) is 6.47. The van der Waals surface area contributed by atoms with E-state index in [-0.39, 0.29) is 65.5 Å². The molecule has 0 aromatic heterocycles. The minimum Gasteiger partial charge on any atom is -0.549 e. The van der Waals surface area contributed by atoms with E-state index in [0.717, 1.165) is 5.56 Å². The van der Waals surface area contributed by atoms with Crippen molar-refractivity contribution in [1.29, 1.82) is 0 Å². The van der Waals surface area contributed by atoms with Gasteiger partial charge < -0.3 is 19.8 Å². The largest absolute Gasteiger partial charge is 1.00 e. The maximum Gasteiger partial charge on any atom is 1.00 e. The van der Waals surface area contributed by atoms with Crippen LogP contribution in [0.5, 0.6) is 0 Å². The number of carboxylic acids is 2. The van der Waals surface area contributed by atoms with Crippen LogP contribution in [0.25, 0.3) is 0 Å². The van der Waals surface area contributed by atoms with Crippen LogP contribution in [0.15, 0.2) is 36.4 Å². The Balaban J connectivity index is 0.00000132. The third-order valence-corrected chi connectivity index (χ3v) is 4.03. The smallest absolute Gasteiger partial charge is 0.549 e. The van der Waals surface area contributed by atoms with Gasteiger partial charge in [0.2, 0.25) is 0 Å². The average molecular weight is 334 g/mol. The van der Waals surface area contributed by atoms with Crippen LogP contribution in [0.4, 0.5) is 0 Å². The molecule has 0 spiro atoms. The number of aliphatic carboxylic acids is 2. The molecule has 2 atom stereocenters. The molecule has 1 aromatic rings. The van der Waals surface area contributed by atoms with Crippen LogP contribution in [-0.2, 0) is 30.6 Å². The van der Waals surface area contributed by atoms with E-state index in [1.807, 2.05) is 12.1 Å². The fourth-order valence-electron chi connectivity index (χ4n) is 2.84. The molecule has 0 saturated carbocycles. The van der Waals surface area contributed by atoms with E-state index in [2.05, 4.69) is 0 Å². The molecule has 1 aliphatic carbocycles. The van der Waals surface area contributed by atoms with Crippen LogP contribution in [0.3, 0.4) is 0 Å². The second-order valence-corrected chi connectivity index (χ2v) is 5.44. The molecule has 0 radical (unpaired) electrons. The average Bonchev–Trinajstić information content (AvgIpc) is 2.46. The van der Waals surface area contributed by atoms with Gasteiger partial charge in [-0.25, -0.2) is 9.78 Å². The Bertz CT molecular complexity index is 647. The van der Waals surface area contributed by atoms with Crippen LogP contribution >= 0.6 is 0 Å². The summed E-state index contributed by atoms with van der Waals surface area (Å²) >= 11 is 0. The zero-order valence-electron chi connectivity index (χ0n) is 13.2. The number of hydrogen-bond donors (Lipinski definition) is 0. The van der Waals surface area contributed by atoms with Gasteiger partial charge in [-0.2, -0.15) is 0 Å². The van der Waals surface area contributed by atoms with E-state index >= 15 is 0 Å². The van der Waals surface area contributed by atoms with Gasteiger partial charge in [-0.05, 0) is 30.2 Å². The van der Waals surface area contributed by atoms with Crippen LogP contribution in [0.1, 0.15) is 24.5 Å².